The van der Waals surface area contributed by atoms with Crippen LogP contribution in [0.5, 0.6) is 5.75 Å². The maximum Gasteiger partial charge on any atom is 0.433 e. The van der Waals surface area contributed by atoms with Crippen molar-refractivity contribution in [3.05, 3.63) is 46.2 Å². The summed E-state index contributed by atoms with van der Waals surface area (Å²) in [4.78, 5) is 7.11. The zero-order chi connectivity index (χ0) is 19.9. The molecule has 1 atom stereocenters. The number of ether oxygens (including phenoxy) is 1. The maximum atomic E-state index is 12.6. The van der Waals surface area contributed by atoms with Crippen LogP contribution in [0.25, 0.3) is 0 Å². The molecule has 3 N–H and O–H groups in total. The van der Waals surface area contributed by atoms with E-state index >= 15 is 0 Å². The molecule has 148 valence electrons. The van der Waals surface area contributed by atoms with E-state index in [-0.39, 0.29) is 25.6 Å². The van der Waals surface area contributed by atoms with Gasteiger partial charge in [0.2, 0.25) is 5.95 Å². The molecule has 6 nitrogen and oxygen atoms in total. The highest BCUT2D eigenvalue weighted by Crippen LogP contribution is 2.27. The van der Waals surface area contributed by atoms with Crippen molar-refractivity contribution in [3.63, 3.8) is 0 Å². The summed E-state index contributed by atoms with van der Waals surface area (Å²) < 4.78 is 43.1. The number of aromatic nitrogens is 2. The van der Waals surface area contributed by atoms with Crippen LogP contribution in [0.2, 0.25) is 10.0 Å². The lowest BCUT2D eigenvalue weighted by atomic mass is 10.3. The summed E-state index contributed by atoms with van der Waals surface area (Å²) >= 11 is 11.7. The maximum absolute atomic E-state index is 12.6. The molecular formula is C16H17Cl2F3N4O2. The number of aliphatic hydroxyl groups is 1. The number of hydrogen-bond donors (Lipinski definition) is 3. The molecular weight excluding hydrogens is 408 g/mol. The topological polar surface area (TPSA) is 79.3 Å². The van der Waals surface area contributed by atoms with E-state index in [1.807, 2.05) is 0 Å². The van der Waals surface area contributed by atoms with Gasteiger partial charge in [0.05, 0.1) is 10.0 Å². The third-order valence-corrected chi connectivity index (χ3v) is 3.98. The third kappa shape index (κ3) is 7.37. The summed E-state index contributed by atoms with van der Waals surface area (Å²) in [5.74, 6) is 0.363. The fraction of sp³-hybridized carbons (Fsp3) is 0.375. The smallest absolute Gasteiger partial charge is 0.433 e. The van der Waals surface area contributed by atoms with E-state index in [0.717, 1.165) is 12.3 Å². The van der Waals surface area contributed by atoms with Gasteiger partial charge in [-0.15, -0.1) is 0 Å². The molecule has 1 heterocycles. The summed E-state index contributed by atoms with van der Waals surface area (Å²) in [5.41, 5.74) is -1.01. The predicted molar refractivity (Wildman–Crippen MR) is 96.4 cm³/mol. The van der Waals surface area contributed by atoms with Gasteiger partial charge >= 0.3 is 6.18 Å². The predicted octanol–water partition coefficient (Wildman–Crippen LogP) is 3.24. The third-order valence-electron chi connectivity index (χ3n) is 3.24. The Labute approximate surface area is 163 Å². The fourth-order valence-corrected chi connectivity index (χ4v) is 2.24. The first-order valence-corrected chi connectivity index (χ1v) is 8.62. The second-order valence-electron chi connectivity index (χ2n) is 5.43. The van der Waals surface area contributed by atoms with Crippen molar-refractivity contribution in [2.24, 2.45) is 0 Å². The minimum atomic E-state index is -4.52. The Morgan fingerprint density at radius 1 is 1.15 bits per heavy atom. The second-order valence-corrected chi connectivity index (χ2v) is 6.25. The van der Waals surface area contributed by atoms with Gasteiger partial charge in [-0.1, -0.05) is 23.2 Å². The molecule has 0 radical (unpaired) electrons. The molecule has 0 saturated carbocycles. The standard InChI is InChI=1S/C16H17Cl2F3N4O2/c17-12-2-1-11(7-13(12)18)27-9-10(26)8-22-5-6-24-15-23-4-3-14(25-15)16(19,20)21/h1-4,7,10,22,26H,5-6,8-9H2,(H,23,24,25)/t10-/m0/s1. The summed E-state index contributed by atoms with van der Waals surface area (Å²) in [6.07, 6.45) is -4.27. The molecule has 27 heavy (non-hydrogen) atoms. The lowest BCUT2D eigenvalue weighted by molar-refractivity contribution is -0.141. The number of anilines is 1. The molecule has 0 amide bonds. The number of halogens is 5. The largest absolute Gasteiger partial charge is 0.491 e. The normalized spacial score (nSPS) is 12.7. The Kier molecular flexibility index (Phi) is 7.91. The average molecular weight is 425 g/mol. The van der Waals surface area contributed by atoms with Gasteiger partial charge in [-0.3, -0.25) is 0 Å². The number of rotatable bonds is 9. The minimum Gasteiger partial charge on any atom is -0.491 e. The molecule has 0 spiro atoms. The van der Waals surface area contributed by atoms with E-state index in [1.165, 1.54) is 0 Å². The summed E-state index contributed by atoms with van der Waals surface area (Å²) in [5, 5.41) is 16.2. The molecule has 0 unspecified atom stereocenters. The Morgan fingerprint density at radius 2 is 1.93 bits per heavy atom. The SMILES string of the molecule is O[C@@H](CNCCNc1nccc(C(F)(F)F)n1)COc1ccc(Cl)c(Cl)c1. The van der Waals surface area contributed by atoms with Gasteiger partial charge in [-0.05, 0) is 18.2 Å². The van der Waals surface area contributed by atoms with Gasteiger partial charge in [0.1, 0.15) is 24.2 Å². The van der Waals surface area contributed by atoms with Gasteiger partial charge in [-0.25, -0.2) is 9.97 Å². The fourth-order valence-electron chi connectivity index (χ4n) is 1.95. The van der Waals surface area contributed by atoms with Crippen LogP contribution in [0.3, 0.4) is 0 Å². The molecule has 2 aromatic rings. The first-order chi connectivity index (χ1) is 12.8. The van der Waals surface area contributed by atoms with Crippen LogP contribution in [0.1, 0.15) is 5.69 Å². The van der Waals surface area contributed by atoms with E-state index in [2.05, 4.69) is 20.6 Å². The van der Waals surface area contributed by atoms with Gasteiger partial charge in [-0.2, -0.15) is 13.2 Å². The molecule has 1 aromatic carbocycles. The number of aliphatic hydroxyl groups excluding tert-OH is 1. The van der Waals surface area contributed by atoms with Crippen LogP contribution in [0.15, 0.2) is 30.5 Å². The zero-order valence-corrected chi connectivity index (χ0v) is 15.4. The number of nitrogens with one attached hydrogen (secondary N) is 2. The molecule has 1 aromatic heterocycles. The number of hydrogen-bond acceptors (Lipinski definition) is 6. The number of benzene rings is 1. The second kappa shape index (κ2) is 9.93. The van der Waals surface area contributed by atoms with Crippen molar-refractivity contribution in [2.45, 2.75) is 12.3 Å². The molecule has 0 saturated heterocycles. The highest BCUT2D eigenvalue weighted by atomic mass is 35.5. The van der Waals surface area contributed by atoms with Crippen LogP contribution < -0.4 is 15.4 Å². The van der Waals surface area contributed by atoms with Crippen molar-refractivity contribution >= 4 is 29.2 Å². The van der Waals surface area contributed by atoms with E-state index in [4.69, 9.17) is 27.9 Å². The highest BCUT2D eigenvalue weighted by Gasteiger charge is 2.32. The number of alkyl halides is 3. The van der Waals surface area contributed by atoms with E-state index in [9.17, 15) is 18.3 Å². The van der Waals surface area contributed by atoms with Gasteiger partial charge in [0.15, 0.2) is 0 Å². The lowest BCUT2D eigenvalue weighted by Crippen LogP contribution is -2.34. The minimum absolute atomic E-state index is 0.0368. The van der Waals surface area contributed by atoms with Crippen molar-refractivity contribution < 1.29 is 23.0 Å². The van der Waals surface area contributed by atoms with E-state index in [1.54, 1.807) is 18.2 Å². The first-order valence-electron chi connectivity index (χ1n) is 7.86. The van der Waals surface area contributed by atoms with Gasteiger partial charge in [0, 0.05) is 31.9 Å². The Balaban J connectivity index is 1.64. The summed E-state index contributed by atoms with van der Waals surface area (Å²) in [6.45, 7) is 0.923. The Morgan fingerprint density at radius 3 is 2.63 bits per heavy atom. The van der Waals surface area contributed by atoms with Crippen molar-refractivity contribution in [3.8, 4) is 5.75 Å². The highest BCUT2D eigenvalue weighted by molar-refractivity contribution is 6.42. The summed E-state index contributed by atoms with van der Waals surface area (Å²) in [7, 11) is 0. The van der Waals surface area contributed by atoms with Crippen LogP contribution in [-0.4, -0.2) is 47.4 Å². The Hall–Kier alpha value is -1.81. The van der Waals surface area contributed by atoms with Crippen LogP contribution in [0, 0.1) is 0 Å². The van der Waals surface area contributed by atoms with Gasteiger partial charge in [0.25, 0.3) is 0 Å². The number of nitrogens with zero attached hydrogens (tertiary/aromatic N) is 2. The van der Waals surface area contributed by atoms with Gasteiger partial charge < -0.3 is 20.5 Å². The molecule has 11 heteroatoms. The van der Waals surface area contributed by atoms with E-state index in [0.29, 0.717) is 22.3 Å². The van der Waals surface area contributed by atoms with Crippen molar-refractivity contribution in [1.82, 2.24) is 15.3 Å². The van der Waals surface area contributed by atoms with Crippen molar-refractivity contribution in [2.75, 3.05) is 31.6 Å². The molecule has 2 rings (SSSR count). The van der Waals surface area contributed by atoms with Crippen molar-refractivity contribution in [1.29, 1.82) is 0 Å². The quantitative estimate of drug-likeness (QED) is 0.536. The summed E-state index contributed by atoms with van der Waals surface area (Å²) in [6, 6.07) is 5.56. The monoisotopic (exact) mass is 424 g/mol. The molecule has 0 aliphatic carbocycles. The zero-order valence-electron chi connectivity index (χ0n) is 13.9. The first kappa shape index (κ1) is 21.5. The molecule has 0 fully saturated rings. The van der Waals surface area contributed by atoms with Crippen LogP contribution in [-0.2, 0) is 6.18 Å². The lowest BCUT2D eigenvalue weighted by Gasteiger charge is -2.14. The average Bonchev–Trinajstić information content (AvgIpc) is 2.62. The molecule has 0 aliphatic rings. The molecule has 0 bridgehead atoms. The Bertz CT molecular complexity index is 750. The van der Waals surface area contributed by atoms with Crippen LogP contribution >= 0.6 is 23.2 Å². The molecule has 0 aliphatic heterocycles. The van der Waals surface area contributed by atoms with Crippen LogP contribution in [0.4, 0.5) is 19.1 Å². The van der Waals surface area contributed by atoms with E-state index < -0.39 is 18.0 Å².